The van der Waals surface area contributed by atoms with Crippen molar-refractivity contribution < 1.29 is 9.90 Å². The number of aliphatic hydroxyl groups excluding tert-OH is 1. The van der Waals surface area contributed by atoms with Crippen molar-refractivity contribution in [1.29, 1.82) is 0 Å². The monoisotopic (exact) mass is 228 g/mol. The Morgan fingerprint density at radius 3 is 2.62 bits per heavy atom. The van der Waals surface area contributed by atoms with Gasteiger partial charge in [0.05, 0.1) is 12.0 Å². The lowest BCUT2D eigenvalue weighted by atomic mass is 9.84. The molecular weight excluding hydrogens is 204 g/mol. The van der Waals surface area contributed by atoms with Gasteiger partial charge in [-0.05, 0) is 18.8 Å². The Bertz CT molecular complexity index is 231. The second-order valence-corrected chi connectivity index (χ2v) is 5.11. The topological polar surface area (TPSA) is 75.3 Å². The summed E-state index contributed by atoms with van der Waals surface area (Å²) in [6, 6.07) is -0.00931. The van der Waals surface area contributed by atoms with E-state index in [1.165, 1.54) is 0 Å². The molecule has 16 heavy (non-hydrogen) atoms. The lowest BCUT2D eigenvalue weighted by molar-refractivity contribution is -0.127. The Balaban J connectivity index is 2.33. The minimum atomic E-state index is -0.469. The number of aliphatic hydroxyl groups is 1. The summed E-state index contributed by atoms with van der Waals surface area (Å²) in [4.78, 5) is 11.8. The van der Waals surface area contributed by atoms with Crippen LogP contribution in [-0.4, -0.2) is 29.7 Å². The van der Waals surface area contributed by atoms with Crippen LogP contribution in [0.5, 0.6) is 0 Å². The second-order valence-electron chi connectivity index (χ2n) is 5.11. The van der Waals surface area contributed by atoms with Crippen LogP contribution in [0.4, 0.5) is 0 Å². The molecule has 4 N–H and O–H groups in total. The van der Waals surface area contributed by atoms with E-state index in [9.17, 15) is 9.90 Å². The van der Waals surface area contributed by atoms with Gasteiger partial charge in [0.1, 0.15) is 0 Å². The zero-order valence-corrected chi connectivity index (χ0v) is 10.3. The molecule has 0 heterocycles. The quantitative estimate of drug-likeness (QED) is 0.661. The zero-order valence-electron chi connectivity index (χ0n) is 10.3. The average molecular weight is 228 g/mol. The van der Waals surface area contributed by atoms with Gasteiger partial charge >= 0.3 is 0 Å². The molecule has 0 bridgehead atoms. The van der Waals surface area contributed by atoms with Gasteiger partial charge in [-0.2, -0.15) is 0 Å². The van der Waals surface area contributed by atoms with Gasteiger partial charge < -0.3 is 16.2 Å². The third kappa shape index (κ3) is 3.76. The van der Waals surface area contributed by atoms with Crippen LogP contribution in [0.25, 0.3) is 0 Å². The van der Waals surface area contributed by atoms with Gasteiger partial charge in [-0.25, -0.2) is 0 Å². The van der Waals surface area contributed by atoms with Gasteiger partial charge in [-0.3, -0.25) is 4.79 Å². The Morgan fingerprint density at radius 1 is 1.44 bits per heavy atom. The molecule has 0 radical (unpaired) electrons. The molecule has 94 valence electrons. The van der Waals surface area contributed by atoms with Crippen LogP contribution in [0.3, 0.4) is 0 Å². The highest BCUT2D eigenvalue weighted by atomic mass is 16.3. The molecule has 0 aromatic carbocycles. The molecule has 1 saturated carbocycles. The number of rotatable bonds is 4. The first kappa shape index (κ1) is 13.5. The van der Waals surface area contributed by atoms with E-state index >= 15 is 0 Å². The molecule has 4 nitrogen and oxygen atoms in total. The predicted molar refractivity (Wildman–Crippen MR) is 63.8 cm³/mol. The summed E-state index contributed by atoms with van der Waals surface area (Å²) < 4.78 is 0. The molecule has 4 heteroatoms. The first-order valence-electron chi connectivity index (χ1n) is 6.23. The van der Waals surface area contributed by atoms with Crippen molar-refractivity contribution in [1.82, 2.24) is 5.32 Å². The van der Waals surface area contributed by atoms with Gasteiger partial charge in [0.25, 0.3) is 0 Å². The van der Waals surface area contributed by atoms with E-state index < -0.39 is 6.10 Å². The SMILES string of the molecule is CC(C)C(O)CNC(=O)C1CCCCC1N. The number of hydrogen-bond acceptors (Lipinski definition) is 3. The highest BCUT2D eigenvalue weighted by Crippen LogP contribution is 2.22. The second kappa shape index (κ2) is 6.21. The van der Waals surface area contributed by atoms with Gasteiger partial charge in [0.2, 0.25) is 5.91 Å². The van der Waals surface area contributed by atoms with Crippen molar-refractivity contribution in [3.8, 4) is 0 Å². The number of amides is 1. The zero-order chi connectivity index (χ0) is 12.1. The van der Waals surface area contributed by atoms with E-state index in [1.807, 2.05) is 13.8 Å². The summed E-state index contributed by atoms with van der Waals surface area (Å²) in [5, 5.41) is 12.4. The van der Waals surface area contributed by atoms with Crippen molar-refractivity contribution in [3.05, 3.63) is 0 Å². The molecular formula is C12H24N2O2. The smallest absolute Gasteiger partial charge is 0.224 e. The Labute approximate surface area is 97.6 Å². The summed E-state index contributed by atoms with van der Waals surface area (Å²) in [7, 11) is 0. The fourth-order valence-corrected chi connectivity index (χ4v) is 2.06. The van der Waals surface area contributed by atoms with Crippen LogP contribution >= 0.6 is 0 Å². The van der Waals surface area contributed by atoms with Crippen LogP contribution in [0.15, 0.2) is 0 Å². The predicted octanol–water partition coefficient (Wildman–Crippen LogP) is 0.637. The summed E-state index contributed by atoms with van der Waals surface area (Å²) in [6.07, 6.45) is 3.55. The largest absolute Gasteiger partial charge is 0.391 e. The average Bonchev–Trinajstić information content (AvgIpc) is 2.25. The number of carbonyl (C=O) groups excluding carboxylic acids is 1. The molecule has 3 unspecified atom stereocenters. The molecule has 0 aromatic heterocycles. The van der Waals surface area contributed by atoms with Crippen LogP contribution in [-0.2, 0) is 4.79 Å². The van der Waals surface area contributed by atoms with Crippen molar-refractivity contribution in [2.24, 2.45) is 17.6 Å². The lowest BCUT2D eigenvalue weighted by Gasteiger charge is -2.28. The van der Waals surface area contributed by atoms with Crippen LogP contribution in [0.2, 0.25) is 0 Å². The molecule has 0 spiro atoms. The molecule has 0 saturated heterocycles. The van der Waals surface area contributed by atoms with E-state index in [0.29, 0.717) is 6.54 Å². The third-order valence-electron chi connectivity index (χ3n) is 3.41. The fraction of sp³-hybridized carbons (Fsp3) is 0.917. The Morgan fingerprint density at radius 2 is 2.06 bits per heavy atom. The first-order valence-corrected chi connectivity index (χ1v) is 6.23. The molecule has 0 aromatic rings. The van der Waals surface area contributed by atoms with Crippen LogP contribution in [0.1, 0.15) is 39.5 Å². The molecule has 1 rings (SSSR count). The standard InChI is InChI=1S/C12H24N2O2/c1-8(2)11(15)7-14-12(16)9-5-3-4-6-10(9)13/h8-11,15H,3-7,13H2,1-2H3,(H,14,16). The first-order chi connectivity index (χ1) is 7.52. The number of carbonyl (C=O) groups is 1. The van der Waals surface area contributed by atoms with E-state index in [4.69, 9.17) is 5.73 Å². The van der Waals surface area contributed by atoms with Crippen molar-refractivity contribution in [3.63, 3.8) is 0 Å². The van der Waals surface area contributed by atoms with Crippen molar-refractivity contribution >= 4 is 5.91 Å². The molecule has 0 aliphatic heterocycles. The Hall–Kier alpha value is -0.610. The van der Waals surface area contributed by atoms with E-state index in [2.05, 4.69) is 5.32 Å². The Kier molecular flexibility index (Phi) is 5.22. The fourth-order valence-electron chi connectivity index (χ4n) is 2.06. The maximum absolute atomic E-state index is 11.8. The third-order valence-corrected chi connectivity index (χ3v) is 3.41. The minimum Gasteiger partial charge on any atom is -0.391 e. The van der Waals surface area contributed by atoms with Crippen molar-refractivity contribution in [2.45, 2.75) is 51.7 Å². The summed E-state index contributed by atoms with van der Waals surface area (Å²) >= 11 is 0. The molecule has 1 aliphatic carbocycles. The number of nitrogens with one attached hydrogen (secondary N) is 1. The molecule has 1 fully saturated rings. The number of nitrogens with two attached hydrogens (primary N) is 1. The van der Waals surface area contributed by atoms with Gasteiger partial charge in [0, 0.05) is 12.6 Å². The maximum Gasteiger partial charge on any atom is 0.224 e. The van der Waals surface area contributed by atoms with E-state index in [0.717, 1.165) is 25.7 Å². The number of hydrogen-bond donors (Lipinski definition) is 3. The molecule has 1 amide bonds. The highest BCUT2D eigenvalue weighted by molar-refractivity contribution is 5.79. The van der Waals surface area contributed by atoms with Crippen LogP contribution < -0.4 is 11.1 Å². The maximum atomic E-state index is 11.8. The van der Waals surface area contributed by atoms with Crippen LogP contribution in [0, 0.1) is 11.8 Å². The van der Waals surface area contributed by atoms with Crippen molar-refractivity contribution in [2.75, 3.05) is 6.54 Å². The molecule has 3 atom stereocenters. The normalized spacial score (nSPS) is 27.8. The molecule has 1 aliphatic rings. The van der Waals surface area contributed by atoms with Gasteiger partial charge in [-0.1, -0.05) is 26.7 Å². The lowest BCUT2D eigenvalue weighted by Crippen LogP contribution is -2.46. The van der Waals surface area contributed by atoms with Gasteiger partial charge in [0.15, 0.2) is 0 Å². The van der Waals surface area contributed by atoms with E-state index in [1.54, 1.807) is 0 Å². The highest BCUT2D eigenvalue weighted by Gasteiger charge is 2.28. The van der Waals surface area contributed by atoms with E-state index in [-0.39, 0.29) is 23.8 Å². The van der Waals surface area contributed by atoms with Gasteiger partial charge in [-0.15, -0.1) is 0 Å². The summed E-state index contributed by atoms with van der Waals surface area (Å²) in [5.74, 6) is 0.111. The minimum absolute atomic E-state index is 0.00639. The summed E-state index contributed by atoms with van der Waals surface area (Å²) in [5.41, 5.74) is 5.92. The summed E-state index contributed by atoms with van der Waals surface area (Å²) in [6.45, 7) is 4.20.